The molecule has 2 amide bonds. The number of rotatable bonds is 7. The summed E-state index contributed by atoms with van der Waals surface area (Å²) in [5, 5.41) is 5.34. The van der Waals surface area contributed by atoms with E-state index in [1.165, 1.54) is 31.2 Å². The molecule has 1 aliphatic heterocycles. The van der Waals surface area contributed by atoms with E-state index in [1.54, 1.807) is 0 Å². The molecule has 25 heavy (non-hydrogen) atoms. The van der Waals surface area contributed by atoms with Gasteiger partial charge in [0.1, 0.15) is 0 Å². The van der Waals surface area contributed by atoms with Crippen LogP contribution in [0.1, 0.15) is 37.2 Å². The Hall–Kier alpha value is -1.73. The number of carbonyl (C=O) groups is 2. The van der Waals surface area contributed by atoms with Crippen molar-refractivity contribution in [3.05, 3.63) is 29.8 Å². The fourth-order valence-electron chi connectivity index (χ4n) is 3.92. The maximum atomic E-state index is 11.6. The minimum atomic E-state index is -0.111. The number of amides is 2. The molecule has 0 bridgehead atoms. The Balaban J connectivity index is 1.38. The van der Waals surface area contributed by atoms with Crippen molar-refractivity contribution in [3.63, 3.8) is 0 Å². The van der Waals surface area contributed by atoms with Crippen LogP contribution in [0.25, 0.3) is 0 Å². The fourth-order valence-corrected chi connectivity index (χ4v) is 4.07. The molecule has 6 nitrogen and oxygen atoms in total. The lowest BCUT2D eigenvalue weighted by atomic mass is 9.80. The molecule has 3 N–H and O–H groups in total. The molecule has 0 radical (unpaired) electrons. The molecule has 1 heterocycles. The van der Waals surface area contributed by atoms with Crippen molar-refractivity contribution in [2.24, 2.45) is 0 Å². The van der Waals surface area contributed by atoms with Crippen LogP contribution in [-0.2, 0) is 9.59 Å². The van der Waals surface area contributed by atoms with Crippen molar-refractivity contribution in [2.75, 3.05) is 24.4 Å². The summed E-state index contributed by atoms with van der Waals surface area (Å²) in [5.74, 6) is 0.538. The average molecular weight is 362 g/mol. The lowest BCUT2D eigenvalue weighted by molar-refractivity contribution is -0.124. The molecular weight excluding hydrogens is 336 g/mol. The van der Waals surface area contributed by atoms with Gasteiger partial charge in [0.2, 0.25) is 12.3 Å². The number of thiol groups is 1. The average Bonchev–Trinajstić information content (AvgIpc) is 2.63. The highest BCUT2D eigenvalue weighted by atomic mass is 32.1. The van der Waals surface area contributed by atoms with Gasteiger partial charge in [-0.25, -0.2) is 0 Å². The molecule has 1 aromatic carbocycles. The number of benzene rings is 1. The van der Waals surface area contributed by atoms with Gasteiger partial charge in [-0.15, -0.1) is 0 Å². The van der Waals surface area contributed by atoms with Gasteiger partial charge in [-0.05, 0) is 49.3 Å². The number of hydrogen-bond donors (Lipinski definition) is 4. The molecule has 2 aliphatic rings. The first-order valence-electron chi connectivity index (χ1n) is 8.90. The van der Waals surface area contributed by atoms with Crippen LogP contribution >= 0.6 is 12.8 Å². The van der Waals surface area contributed by atoms with E-state index in [9.17, 15) is 9.59 Å². The predicted octanol–water partition coefficient (Wildman–Crippen LogP) is 1.52. The minimum Gasteiger partial charge on any atom is -0.350 e. The van der Waals surface area contributed by atoms with Crippen molar-refractivity contribution < 1.29 is 9.59 Å². The maximum absolute atomic E-state index is 11.6. The van der Waals surface area contributed by atoms with Crippen LogP contribution < -0.4 is 15.4 Å². The van der Waals surface area contributed by atoms with Gasteiger partial charge in [0.05, 0.1) is 12.6 Å². The highest BCUT2D eigenvalue weighted by Gasteiger charge is 2.35. The van der Waals surface area contributed by atoms with Crippen LogP contribution in [0.15, 0.2) is 24.3 Å². The number of hydrogen-bond acceptors (Lipinski definition) is 5. The van der Waals surface area contributed by atoms with Crippen molar-refractivity contribution in [3.8, 4) is 0 Å². The van der Waals surface area contributed by atoms with Crippen LogP contribution in [-0.4, -0.2) is 48.9 Å². The molecule has 0 unspecified atom stereocenters. The molecule has 0 spiro atoms. The van der Waals surface area contributed by atoms with Crippen LogP contribution in [0.2, 0.25) is 0 Å². The van der Waals surface area contributed by atoms with Crippen molar-refractivity contribution in [2.45, 2.75) is 43.7 Å². The Morgan fingerprint density at radius 1 is 1.16 bits per heavy atom. The zero-order valence-corrected chi connectivity index (χ0v) is 15.2. The number of anilines is 1. The van der Waals surface area contributed by atoms with Gasteiger partial charge in [0.15, 0.2) is 0 Å². The van der Waals surface area contributed by atoms with E-state index in [2.05, 4.69) is 57.3 Å². The molecule has 2 fully saturated rings. The smallest absolute Gasteiger partial charge is 0.239 e. The van der Waals surface area contributed by atoms with E-state index in [4.69, 9.17) is 0 Å². The third-order valence-electron chi connectivity index (χ3n) is 5.35. The summed E-state index contributed by atoms with van der Waals surface area (Å²) in [4.78, 5) is 24.2. The highest BCUT2D eigenvalue weighted by molar-refractivity contribution is 7.81. The van der Waals surface area contributed by atoms with Gasteiger partial charge in [-0.1, -0.05) is 24.9 Å². The molecular formula is C18H26N4O2S. The summed E-state index contributed by atoms with van der Waals surface area (Å²) in [6.07, 6.45) is 5.41. The second kappa shape index (κ2) is 8.58. The zero-order chi connectivity index (χ0) is 17.6. The van der Waals surface area contributed by atoms with E-state index in [0.717, 1.165) is 18.8 Å². The maximum Gasteiger partial charge on any atom is 0.239 e. The van der Waals surface area contributed by atoms with Gasteiger partial charge in [0.25, 0.3) is 0 Å². The third kappa shape index (κ3) is 4.67. The Bertz CT molecular complexity index is 581. The largest absolute Gasteiger partial charge is 0.350 e. The van der Waals surface area contributed by atoms with E-state index < -0.39 is 0 Å². The Kier molecular flexibility index (Phi) is 6.20. The van der Waals surface area contributed by atoms with Crippen LogP contribution in [0.4, 0.5) is 5.69 Å². The Morgan fingerprint density at radius 3 is 2.44 bits per heavy atom. The lowest BCUT2D eigenvalue weighted by Gasteiger charge is -2.46. The summed E-state index contributed by atoms with van der Waals surface area (Å²) in [6.45, 7) is 1.90. The van der Waals surface area contributed by atoms with Crippen molar-refractivity contribution in [1.29, 1.82) is 0 Å². The van der Waals surface area contributed by atoms with E-state index in [0.29, 0.717) is 18.4 Å². The second-order valence-electron chi connectivity index (χ2n) is 6.96. The monoisotopic (exact) mass is 362 g/mol. The molecule has 7 heteroatoms. The number of nitrogens with zero attached hydrogens (tertiary/aromatic N) is 1. The molecule has 1 aliphatic carbocycles. The molecule has 0 aromatic heterocycles. The fraction of sp³-hybridized carbons (Fsp3) is 0.556. The van der Waals surface area contributed by atoms with Gasteiger partial charge in [0, 0.05) is 24.8 Å². The van der Waals surface area contributed by atoms with E-state index >= 15 is 0 Å². The Morgan fingerprint density at radius 2 is 1.84 bits per heavy atom. The van der Waals surface area contributed by atoms with Crippen molar-refractivity contribution in [1.82, 2.24) is 15.5 Å². The van der Waals surface area contributed by atoms with E-state index in [1.807, 2.05) is 0 Å². The SMILES string of the molecule is O=CNCC(=O)NC1CN(C2CCC(c3ccc(NS)cc3)CC2)C1. The summed E-state index contributed by atoms with van der Waals surface area (Å²) in [5.41, 5.74) is 2.44. The van der Waals surface area contributed by atoms with Gasteiger partial charge in [-0.2, -0.15) is 0 Å². The molecule has 1 aromatic rings. The standard InChI is InChI=1S/C18H26N4O2S/c23-12-19-9-18(24)20-16-10-22(11-16)17-7-3-14(4-8-17)13-1-5-15(21-25)6-2-13/h1-2,5-6,12,14,16-17,21,25H,3-4,7-11H2,(H,19,23)(H,20,24). The molecule has 0 atom stereocenters. The topological polar surface area (TPSA) is 73.5 Å². The first kappa shape index (κ1) is 18.1. The molecule has 3 rings (SSSR count). The molecule has 1 saturated heterocycles. The van der Waals surface area contributed by atoms with Gasteiger partial charge >= 0.3 is 0 Å². The third-order valence-corrected chi connectivity index (χ3v) is 5.60. The highest BCUT2D eigenvalue weighted by Crippen LogP contribution is 2.36. The Labute approximate surface area is 154 Å². The minimum absolute atomic E-state index is 0.0621. The first-order chi connectivity index (χ1) is 12.2. The molecule has 1 saturated carbocycles. The van der Waals surface area contributed by atoms with Gasteiger partial charge < -0.3 is 15.4 Å². The number of likely N-dealkylation sites (tertiary alicyclic amines) is 1. The van der Waals surface area contributed by atoms with Crippen LogP contribution in [0.3, 0.4) is 0 Å². The van der Waals surface area contributed by atoms with Crippen molar-refractivity contribution >= 4 is 30.8 Å². The predicted molar refractivity (Wildman–Crippen MR) is 102 cm³/mol. The summed E-state index contributed by atoms with van der Waals surface area (Å²) in [7, 11) is 0. The quantitative estimate of drug-likeness (QED) is 0.438. The van der Waals surface area contributed by atoms with E-state index in [-0.39, 0.29) is 18.5 Å². The number of carbonyl (C=O) groups excluding carboxylic acids is 2. The second-order valence-corrected chi connectivity index (χ2v) is 7.18. The normalized spacial score (nSPS) is 24.2. The lowest BCUT2D eigenvalue weighted by Crippen LogP contribution is -2.63. The zero-order valence-electron chi connectivity index (χ0n) is 14.3. The molecule has 136 valence electrons. The van der Waals surface area contributed by atoms with Crippen LogP contribution in [0.5, 0.6) is 0 Å². The summed E-state index contributed by atoms with van der Waals surface area (Å²) in [6, 6.07) is 9.42. The van der Waals surface area contributed by atoms with Crippen LogP contribution in [0, 0.1) is 0 Å². The first-order valence-corrected chi connectivity index (χ1v) is 9.35. The van der Waals surface area contributed by atoms with Gasteiger partial charge in [-0.3, -0.25) is 14.5 Å². The summed E-state index contributed by atoms with van der Waals surface area (Å²) >= 11 is 4.07. The number of nitrogens with one attached hydrogen (secondary N) is 3. The summed E-state index contributed by atoms with van der Waals surface area (Å²) < 4.78 is 2.86.